The number of piperazine rings is 1. The number of nitrogens with zero attached hydrogens (tertiary/aromatic N) is 6. The van der Waals surface area contributed by atoms with Crippen LogP contribution in [0.25, 0.3) is 11.0 Å². The number of nitrogens with one attached hydrogen (secondary N) is 1. The summed E-state index contributed by atoms with van der Waals surface area (Å²) < 4.78 is 0. The summed E-state index contributed by atoms with van der Waals surface area (Å²) in [5.74, 6) is 0.973. The number of aromatic nitrogens is 5. The van der Waals surface area contributed by atoms with E-state index >= 15 is 0 Å². The fourth-order valence-corrected chi connectivity index (χ4v) is 3.65. The standard InChI is InChI=1S/C14H17N7S/c1-10(14-15-2-7-22-14)20-3-5-21(6-4-20)13-11-8-18-19-12(11)16-9-17-13/h2,7-10H,3-6H2,1H3,(H,16,17,18,19). The van der Waals surface area contributed by atoms with E-state index in [-0.39, 0.29) is 0 Å². The lowest BCUT2D eigenvalue weighted by molar-refractivity contribution is 0.198. The third kappa shape index (κ3) is 2.34. The maximum atomic E-state index is 4.45. The van der Waals surface area contributed by atoms with Crippen LogP contribution in [-0.2, 0) is 0 Å². The normalized spacial score (nSPS) is 18.0. The Balaban J connectivity index is 1.49. The maximum absolute atomic E-state index is 4.45. The first-order valence-corrected chi connectivity index (χ1v) is 8.23. The van der Waals surface area contributed by atoms with Gasteiger partial charge in [0.1, 0.15) is 17.2 Å². The van der Waals surface area contributed by atoms with Crippen LogP contribution in [0, 0.1) is 0 Å². The van der Waals surface area contributed by atoms with E-state index in [1.807, 2.05) is 11.6 Å². The molecule has 1 aliphatic heterocycles. The van der Waals surface area contributed by atoms with E-state index in [9.17, 15) is 0 Å². The summed E-state index contributed by atoms with van der Waals surface area (Å²) in [5, 5.41) is 11.2. The van der Waals surface area contributed by atoms with Crippen molar-refractivity contribution >= 4 is 28.2 Å². The van der Waals surface area contributed by atoms with Gasteiger partial charge in [-0.3, -0.25) is 10.00 Å². The van der Waals surface area contributed by atoms with Gasteiger partial charge in [0.25, 0.3) is 0 Å². The summed E-state index contributed by atoms with van der Waals surface area (Å²) in [6.07, 6.45) is 5.28. The Bertz CT molecular complexity index is 745. The number of fused-ring (bicyclic) bond motifs is 1. The second-order valence-corrected chi connectivity index (χ2v) is 6.33. The first-order chi connectivity index (χ1) is 10.8. The van der Waals surface area contributed by atoms with Crippen LogP contribution in [0.2, 0.25) is 0 Å². The van der Waals surface area contributed by atoms with Gasteiger partial charge in [0.05, 0.1) is 17.6 Å². The molecule has 0 amide bonds. The summed E-state index contributed by atoms with van der Waals surface area (Å²) in [4.78, 5) is 17.9. The first kappa shape index (κ1) is 13.6. The fraction of sp³-hybridized carbons (Fsp3) is 0.429. The van der Waals surface area contributed by atoms with Crippen LogP contribution in [0.5, 0.6) is 0 Å². The van der Waals surface area contributed by atoms with E-state index < -0.39 is 0 Å². The highest BCUT2D eigenvalue weighted by Gasteiger charge is 2.25. The molecule has 0 bridgehead atoms. The van der Waals surface area contributed by atoms with E-state index in [1.54, 1.807) is 23.9 Å². The molecule has 1 fully saturated rings. The third-order valence-corrected chi connectivity index (χ3v) is 5.14. The molecule has 114 valence electrons. The number of rotatable bonds is 3. The lowest BCUT2D eigenvalue weighted by atomic mass is 10.2. The summed E-state index contributed by atoms with van der Waals surface area (Å²) in [6.45, 7) is 6.14. The molecule has 0 radical (unpaired) electrons. The van der Waals surface area contributed by atoms with Crippen molar-refractivity contribution in [3.63, 3.8) is 0 Å². The van der Waals surface area contributed by atoms with Crippen LogP contribution in [0.1, 0.15) is 18.0 Å². The second-order valence-electron chi connectivity index (χ2n) is 5.40. The van der Waals surface area contributed by atoms with Crippen LogP contribution in [0.4, 0.5) is 5.82 Å². The van der Waals surface area contributed by atoms with Crippen LogP contribution in [0.3, 0.4) is 0 Å². The molecule has 1 atom stereocenters. The second kappa shape index (κ2) is 5.62. The molecule has 0 aliphatic carbocycles. The highest BCUT2D eigenvalue weighted by molar-refractivity contribution is 7.09. The third-order valence-electron chi connectivity index (χ3n) is 4.20. The Morgan fingerprint density at radius 2 is 2.05 bits per heavy atom. The van der Waals surface area contributed by atoms with Gasteiger partial charge in [0.2, 0.25) is 0 Å². The van der Waals surface area contributed by atoms with E-state index in [1.165, 1.54) is 5.01 Å². The largest absolute Gasteiger partial charge is 0.353 e. The zero-order valence-electron chi connectivity index (χ0n) is 12.3. The Kier molecular flexibility index (Phi) is 3.47. The van der Waals surface area contributed by atoms with Crippen molar-refractivity contribution in [2.45, 2.75) is 13.0 Å². The van der Waals surface area contributed by atoms with Gasteiger partial charge in [-0.15, -0.1) is 11.3 Å². The van der Waals surface area contributed by atoms with E-state index in [2.05, 4.69) is 41.9 Å². The Morgan fingerprint density at radius 3 is 2.82 bits per heavy atom. The van der Waals surface area contributed by atoms with E-state index in [4.69, 9.17) is 0 Å². The molecule has 22 heavy (non-hydrogen) atoms. The Labute approximate surface area is 132 Å². The highest BCUT2D eigenvalue weighted by Crippen LogP contribution is 2.26. The number of thiazole rings is 1. The van der Waals surface area contributed by atoms with Crippen LogP contribution >= 0.6 is 11.3 Å². The van der Waals surface area contributed by atoms with Gasteiger partial charge in [-0.05, 0) is 6.92 Å². The molecule has 3 aromatic rings. The minimum atomic E-state index is 0.376. The highest BCUT2D eigenvalue weighted by atomic mass is 32.1. The van der Waals surface area contributed by atoms with Gasteiger partial charge >= 0.3 is 0 Å². The molecule has 0 aromatic carbocycles. The van der Waals surface area contributed by atoms with Crippen molar-refractivity contribution in [2.24, 2.45) is 0 Å². The topological polar surface area (TPSA) is 73.8 Å². The molecule has 1 aliphatic rings. The number of anilines is 1. The van der Waals surface area contributed by atoms with Crippen molar-refractivity contribution in [3.8, 4) is 0 Å². The predicted octanol–water partition coefficient (Wildman–Crippen LogP) is 1.69. The van der Waals surface area contributed by atoms with Gasteiger partial charge < -0.3 is 4.90 Å². The van der Waals surface area contributed by atoms with E-state index in [0.29, 0.717) is 6.04 Å². The smallest absolute Gasteiger partial charge is 0.160 e. The zero-order valence-corrected chi connectivity index (χ0v) is 13.1. The number of hydrogen-bond acceptors (Lipinski definition) is 7. The van der Waals surface area contributed by atoms with E-state index in [0.717, 1.165) is 43.0 Å². The van der Waals surface area contributed by atoms with Gasteiger partial charge in [-0.25, -0.2) is 15.0 Å². The quantitative estimate of drug-likeness (QED) is 0.793. The number of aromatic amines is 1. The average Bonchev–Trinajstić information content (AvgIpc) is 3.25. The zero-order chi connectivity index (χ0) is 14.9. The summed E-state index contributed by atoms with van der Waals surface area (Å²) >= 11 is 1.73. The first-order valence-electron chi connectivity index (χ1n) is 7.35. The molecule has 1 unspecified atom stereocenters. The molecular formula is C14H17N7S. The summed E-state index contributed by atoms with van der Waals surface area (Å²) in [5.41, 5.74) is 0.795. The average molecular weight is 315 g/mol. The van der Waals surface area contributed by atoms with Crippen molar-refractivity contribution in [2.75, 3.05) is 31.1 Å². The lowest BCUT2D eigenvalue weighted by Gasteiger charge is -2.38. The molecule has 0 spiro atoms. The molecule has 8 heteroatoms. The maximum Gasteiger partial charge on any atom is 0.160 e. The van der Waals surface area contributed by atoms with Gasteiger partial charge in [0.15, 0.2) is 5.65 Å². The Hall–Kier alpha value is -2.06. The number of hydrogen-bond donors (Lipinski definition) is 1. The molecule has 4 heterocycles. The van der Waals surface area contributed by atoms with Crippen molar-refractivity contribution in [1.29, 1.82) is 0 Å². The van der Waals surface area contributed by atoms with Gasteiger partial charge in [-0.1, -0.05) is 0 Å². The summed E-state index contributed by atoms with van der Waals surface area (Å²) in [7, 11) is 0. The van der Waals surface area contributed by atoms with Crippen molar-refractivity contribution in [1.82, 2.24) is 30.0 Å². The molecule has 1 N–H and O–H groups in total. The van der Waals surface area contributed by atoms with Crippen molar-refractivity contribution in [3.05, 3.63) is 29.1 Å². The molecule has 4 rings (SSSR count). The molecule has 1 saturated heterocycles. The van der Waals surface area contributed by atoms with Crippen LogP contribution in [0.15, 0.2) is 24.1 Å². The lowest BCUT2D eigenvalue weighted by Crippen LogP contribution is -2.47. The SMILES string of the molecule is CC(c1nccs1)N1CCN(c2ncnc3[nH]ncc23)CC1. The van der Waals surface area contributed by atoms with Crippen molar-refractivity contribution < 1.29 is 0 Å². The fourth-order valence-electron chi connectivity index (χ4n) is 2.92. The predicted molar refractivity (Wildman–Crippen MR) is 86.0 cm³/mol. The van der Waals surface area contributed by atoms with Crippen LogP contribution in [-0.4, -0.2) is 56.2 Å². The molecule has 7 nitrogen and oxygen atoms in total. The van der Waals surface area contributed by atoms with Crippen LogP contribution < -0.4 is 4.90 Å². The Morgan fingerprint density at radius 1 is 1.18 bits per heavy atom. The monoisotopic (exact) mass is 315 g/mol. The molecule has 3 aromatic heterocycles. The molecule has 0 saturated carbocycles. The molecular weight excluding hydrogens is 298 g/mol. The van der Waals surface area contributed by atoms with Gasteiger partial charge in [-0.2, -0.15) is 5.10 Å². The minimum absolute atomic E-state index is 0.376. The van der Waals surface area contributed by atoms with Gasteiger partial charge in [0, 0.05) is 37.8 Å². The number of H-pyrrole nitrogens is 1. The minimum Gasteiger partial charge on any atom is -0.353 e. The summed E-state index contributed by atoms with van der Waals surface area (Å²) in [6, 6.07) is 0.376.